The summed E-state index contributed by atoms with van der Waals surface area (Å²) in [6.45, 7) is 2.70. The van der Waals surface area contributed by atoms with Crippen molar-refractivity contribution in [3.63, 3.8) is 0 Å². The number of morpholine rings is 2. The van der Waals surface area contributed by atoms with Crippen LogP contribution >= 0.6 is 0 Å². The molecule has 134 valence electrons. The van der Waals surface area contributed by atoms with Gasteiger partial charge in [0.25, 0.3) is 10.2 Å². The van der Waals surface area contributed by atoms with Gasteiger partial charge in [-0.2, -0.15) is 17.0 Å². The molecule has 0 saturated carbocycles. The van der Waals surface area contributed by atoms with Crippen molar-refractivity contribution in [3.8, 4) is 0 Å². The lowest BCUT2D eigenvalue weighted by Crippen LogP contribution is -2.52. The van der Waals surface area contributed by atoms with Crippen LogP contribution in [0.25, 0.3) is 0 Å². The lowest BCUT2D eigenvalue weighted by atomic mass is 10.2. The van der Waals surface area contributed by atoms with Crippen LogP contribution in [0.1, 0.15) is 11.8 Å². The van der Waals surface area contributed by atoms with E-state index >= 15 is 0 Å². The van der Waals surface area contributed by atoms with E-state index in [-0.39, 0.29) is 12.6 Å². The zero-order valence-corrected chi connectivity index (χ0v) is 14.9. The normalized spacial score (nSPS) is 24.0. The van der Waals surface area contributed by atoms with Crippen molar-refractivity contribution in [2.75, 3.05) is 65.0 Å². The molecular formula is C15H24N4O4S. The molecule has 1 aromatic heterocycles. The average Bonchev–Trinajstić information content (AvgIpc) is 2.62. The van der Waals surface area contributed by atoms with Gasteiger partial charge in [-0.25, -0.2) is 4.98 Å². The molecule has 1 atom stereocenters. The highest BCUT2D eigenvalue weighted by Gasteiger charge is 2.35. The second-order valence-electron chi connectivity index (χ2n) is 6.05. The zero-order chi connectivity index (χ0) is 17.2. The Kier molecular flexibility index (Phi) is 5.36. The van der Waals surface area contributed by atoms with Crippen LogP contribution in [0.3, 0.4) is 0 Å². The number of aromatic nitrogens is 1. The van der Waals surface area contributed by atoms with Crippen LogP contribution in [-0.2, 0) is 19.7 Å². The molecule has 8 nitrogen and oxygen atoms in total. The van der Waals surface area contributed by atoms with Gasteiger partial charge in [-0.1, -0.05) is 6.07 Å². The molecular weight excluding hydrogens is 332 g/mol. The summed E-state index contributed by atoms with van der Waals surface area (Å²) in [6, 6.07) is 5.70. The van der Waals surface area contributed by atoms with E-state index in [0.717, 1.165) is 11.5 Å². The largest absolute Gasteiger partial charge is 0.379 e. The summed E-state index contributed by atoms with van der Waals surface area (Å²) in [5.41, 5.74) is 0.753. The number of hydrogen-bond acceptors (Lipinski definition) is 6. The van der Waals surface area contributed by atoms with Crippen LogP contribution in [-0.4, -0.2) is 82.1 Å². The molecule has 0 aliphatic carbocycles. The van der Waals surface area contributed by atoms with Crippen LogP contribution in [0.5, 0.6) is 0 Å². The van der Waals surface area contributed by atoms with Crippen LogP contribution in [0.4, 0.5) is 5.82 Å². The number of anilines is 1. The Morgan fingerprint density at radius 1 is 1.12 bits per heavy atom. The Balaban J connectivity index is 1.75. The number of nitrogens with zero attached hydrogens (tertiary/aromatic N) is 4. The van der Waals surface area contributed by atoms with Gasteiger partial charge in [0.15, 0.2) is 0 Å². The summed E-state index contributed by atoms with van der Waals surface area (Å²) in [5, 5.41) is 0. The maximum atomic E-state index is 12.8. The zero-order valence-electron chi connectivity index (χ0n) is 14.1. The third kappa shape index (κ3) is 3.70. The van der Waals surface area contributed by atoms with Gasteiger partial charge in [-0.15, -0.1) is 0 Å². The minimum atomic E-state index is -3.48. The fourth-order valence-electron chi connectivity index (χ4n) is 2.82. The molecule has 0 bridgehead atoms. The fraction of sp³-hybridized carbons (Fsp3) is 0.667. The second kappa shape index (κ2) is 7.32. The van der Waals surface area contributed by atoms with Crippen molar-refractivity contribution >= 4 is 16.0 Å². The van der Waals surface area contributed by atoms with E-state index < -0.39 is 10.2 Å². The van der Waals surface area contributed by atoms with Gasteiger partial charge in [-0.05, 0) is 12.1 Å². The molecule has 0 N–H and O–H groups in total. The summed E-state index contributed by atoms with van der Waals surface area (Å²) in [5.74, 6) is 0.823. The first-order valence-corrected chi connectivity index (χ1v) is 9.47. The monoisotopic (exact) mass is 356 g/mol. The highest BCUT2D eigenvalue weighted by Crippen LogP contribution is 2.25. The summed E-state index contributed by atoms with van der Waals surface area (Å²) < 4.78 is 39.6. The van der Waals surface area contributed by atoms with E-state index in [4.69, 9.17) is 9.47 Å². The van der Waals surface area contributed by atoms with Crippen LogP contribution in [0.15, 0.2) is 18.2 Å². The summed E-state index contributed by atoms with van der Waals surface area (Å²) in [7, 11) is 0.355. The molecule has 2 aliphatic heterocycles. The summed E-state index contributed by atoms with van der Waals surface area (Å²) >= 11 is 0. The molecule has 0 radical (unpaired) electrons. The highest BCUT2D eigenvalue weighted by atomic mass is 32.2. The van der Waals surface area contributed by atoms with Crippen molar-refractivity contribution in [1.82, 2.24) is 13.6 Å². The van der Waals surface area contributed by atoms with Crippen LogP contribution < -0.4 is 4.90 Å². The maximum Gasteiger partial charge on any atom is 0.282 e. The van der Waals surface area contributed by atoms with E-state index in [2.05, 4.69) is 4.98 Å². The summed E-state index contributed by atoms with van der Waals surface area (Å²) in [6.07, 6.45) is -0.352. The van der Waals surface area contributed by atoms with Crippen LogP contribution in [0.2, 0.25) is 0 Å². The molecule has 0 aromatic carbocycles. The van der Waals surface area contributed by atoms with Gasteiger partial charge in [-0.3, -0.25) is 0 Å². The van der Waals surface area contributed by atoms with Crippen molar-refractivity contribution in [2.45, 2.75) is 6.10 Å². The summed E-state index contributed by atoms with van der Waals surface area (Å²) in [4.78, 5) is 6.48. The Morgan fingerprint density at radius 2 is 1.83 bits per heavy atom. The van der Waals surface area contributed by atoms with Gasteiger partial charge in [0.1, 0.15) is 11.9 Å². The highest BCUT2D eigenvalue weighted by molar-refractivity contribution is 7.86. The van der Waals surface area contributed by atoms with Gasteiger partial charge >= 0.3 is 0 Å². The lowest BCUT2D eigenvalue weighted by Gasteiger charge is -2.36. The van der Waals surface area contributed by atoms with Gasteiger partial charge < -0.3 is 14.4 Å². The van der Waals surface area contributed by atoms with E-state index in [1.54, 1.807) is 0 Å². The Hall–Kier alpha value is -1.26. The lowest BCUT2D eigenvalue weighted by molar-refractivity contribution is -0.00839. The maximum absolute atomic E-state index is 12.8. The van der Waals surface area contributed by atoms with Gasteiger partial charge in [0, 0.05) is 40.3 Å². The van der Waals surface area contributed by atoms with Crippen LogP contribution in [0, 0.1) is 0 Å². The Morgan fingerprint density at radius 3 is 2.54 bits per heavy atom. The first-order chi connectivity index (χ1) is 11.5. The van der Waals surface area contributed by atoms with E-state index in [0.29, 0.717) is 39.5 Å². The van der Waals surface area contributed by atoms with Crippen molar-refractivity contribution < 1.29 is 17.9 Å². The minimum Gasteiger partial charge on any atom is -0.379 e. The van der Waals surface area contributed by atoms with Gasteiger partial charge in [0.05, 0.1) is 25.5 Å². The first kappa shape index (κ1) is 17.6. The molecule has 3 heterocycles. The first-order valence-electron chi connectivity index (χ1n) is 8.07. The molecule has 3 rings (SSSR count). The van der Waals surface area contributed by atoms with Gasteiger partial charge in [0.2, 0.25) is 0 Å². The third-order valence-electron chi connectivity index (χ3n) is 4.20. The van der Waals surface area contributed by atoms with Crippen molar-refractivity contribution in [1.29, 1.82) is 0 Å². The fourth-order valence-corrected chi connectivity index (χ4v) is 4.39. The number of hydrogen-bond donors (Lipinski definition) is 0. The molecule has 2 aliphatic rings. The van der Waals surface area contributed by atoms with E-state index in [1.165, 1.54) is 8.61 Å². The van der Waals surface area contributed by atoms with Crippen molar-refractivity contribution in [3.05, 3.63) is 23.9 Å². The van der Waals surface area contributed by atoms with Crippen molar-refractivity contribution in [2.24, 2.45) is 0 Å². The molecule has 24 heavy (non-hydrogen) atoms. The molecule has 2 saturated heterocycles. The predicted molar refractivity (Wildman–Crippen MR) is 90.1 cm³/mol. The molecule has 9 heteroatoms. The second-order valence-corrected chi connectivity index (χ2v) is 7.98. The standard InChI is InChI=1S/C15H24N4O4S/c1-17(2)15-5-3-4-13(16-15)14-12-19(8-11-23-14)24(20,21)18-6-9-22-10-7-18/h3-5,14H,6-12H2,1-2H3/t14-/m1/s1. The number of rotatable bonds is 4. The van der Waals surface area contributed by atoms with E-state index in [9.17, 15) is 8.42 Å². The smallest absolute Gasteiger partial charge is 0.282 e. The number of pyridine rings is 1. The predicted octanol–water partition coefficient (Wildman–Crippen LogP) is 0.0979. The SMILES string of the molecule is CN(C)c1cccc([C@H]2CN(S(=O)(=O)N3CCOCC3)CCO2)n1. The Bertz CT molecular complexity index is 661. The molecule has 1 aromatic rings. The minimum absolute atomic E-state index is 0.281. The quantitative estimate of drug-likeness (QED) is 0.762. The molecule has 0 spiro atoms. The third-order valence-corrected chi connectivity index (χ3v) is 6.20. The Labute approximate surface area is 143 Å². The number of ether oxygens (including phenoxy) is 2. The van der Waals surface area contributed by atoms with E-state index in [1.807, 2.05) is 37.2 Å². The average molecular weight is 356 g/mol. The topological polar surface area (TPSA) is 75.2 Å². The molecule has 2 fully saturated rings. The molecule has 0 amide bonds. The molecule has 0 unspecified atom stereocenters.